The summed E-state index contributed by atoms with van der Waals surface area (Å²) in [5.41, 5.74) is 15.6. The van der Waals surface area contributed by atoms with Gasteiger partial charge in [0.05, 0.1) is 16.6 Å². The molecule has 292 valence electrons. The van der Waals surface area contributed by atoms with Crippen molar-refractivity contribution in [2.24, 2.45) is 0 Å². The van der Waals surface area contributed by atoms with Crippen molar-refractivity contribution in [1.29, 1.82) is 0 Å². The SMILES string of the molecule is C1=Cc2c(n(-c3ccccc3)c3ccc(-c4cccc(-n5c6ccccc6c6ccc(-c7cncc(-c8nc(-c9ccccc9)nc(-c9ccccc9)n8)c7)cc65)c4)cc23)CC1. The van der Waals surface area contributed by atoms with Gasteiger partial charge in [0.2, 0.25) is 0 Å². The number of para-hydroxylation sites is 2. The molecule has 62 heavy (non-hydrogen) atoms. The van der Waals surface area contributed by atoms with E-state index < -0.39 is 0 Å². The molecule has 1 aliphatic rings. The quantitative estimate of drug-likeness (QED) is 0.161. The van der Waals surface area contributed by atoms with Crippen molar-refractivity contribution in [3.8, 4) is 67.8 Å². The summed E-state index contributed by atoms with van der Waals surface area (Å²) in [5, 5.41) is 3.68. The molecule has 0 atom stereocenters. The highest BCUT2D eigenvalue weighted by molar-refractivity contribution is 6.10. The largest absolute Gasteiger partial charge is 0.313 e. The molecular weight excluding hydrogens is 757 g/mol. The van der Waals surface area contributed by atoms with Crippen LogP contribution in [0, 0.1) is 0 Å². The lowest BCUT2D eigenvalue weighted by Gasteiger charge is -2.13. The van der Waals surface area contributed by atoms with Crippen LogP contribution in [0.2, 0.25) is 0 Å². The van der Waals surface area contributed by atoms with Gasteiger partial charge >= 0.3 is 0 Å². The molecule has 0 aliphatic heterocycles. The Morgan fingerprint density at radius 1 is 0.371 bits per heavy atom. The minimum Gasteiger partial charge on any atom is -0.313 e. The number of hydrogen-bond acceptors (Lipinski definition) is 4. The zero-order chi connectivity index (χ0) is 41.0. The summed E-state index contributed by atoms with van der Waals surface area (Å²) in [6, 6.07) is 64.3. The van der Waals surface area contributed by atoms with Gasteiger partial charge in [0, 0.05) is 73.4 Å². The molecular formula is C56H38N6. The molecule has 0 unspecified atom stereocenters. The molecule has 7 aromatic carbocycles. The smallest absolute Gasteiger partial charge is 0.165 e. The van der Waals surface area contributed by atoms with Crippen LogP contribution in [-0.4, -0.2) is 29.1 Å². The standard InChI is InChI=1S/C56H38N6/c1-4-15-37(16-5-1)54-58-55(38-17-6-2-7-18-38)60-56(59-54)43-31-42(35-57-36-43)41-27-29-48-46-23-10-12-25-50(46)62(53(48)34-41)45-22-14-19-39(32-45)40-28-30-52-49(33-40)47-24-11-13-26-51(47)61(52)44-20-8-3-9-21-44/h1-12,14-25,27-36H,13,26H2. The van der Waals surface area contributed by atoms with E-state index >= 15 is 0 Å². The first kappa shape index (κ1) is 35.7. The van der Waals surface area contributed by atoms with Crippen molar-refractivity contribution in [3.63, 3.8) is 0 Å². The molecule has 6 heteroatoms. The van der Waals surface area contributed by atoms with Gasteiger partial charge in [0.1, 0.15) is 0 Å². The maximum Gasteiger partial charge on any atom is 0.165 e. The van der Waals surface area contributed by atoms with Crippen LogP contribution in [0.5, 0.6) is 0 Å². The minimum absolute atomic E-state index is 0.574. The highest BCUT2D eigenvalue weighted by atomic mass is 15.0. The molecule has 0 radical (unpaired) electrons. The summed E-state index contributed by atoms with van der Waals surface area (Å²) in [4.78, 5) is 19.6. The molecule has 1 aliphatic carbocycles. The molecule has 12 rings (SSSR count). The molecule has 0 spiro atoms. The zero-order valence-corrected chi connectivity index (χ0v) is 33.7. The summed E-state index contributed by atoms with van der Waals surface area (Å²) in [5.74, 6) is 1.81. The molecule has 0 amide bonds. The number of benzene rings is 7. The Bertz CT molecular complexity index is 3450. The molecule has 0 N–H and O–H groups in total. The fourth-order valence-electron chi connectivity index (χ4n) is 9.18. The first-order valence-corrected chi connectivity index (χ1v) is 21.1. The third-order valence-electron chi connectivity index (χ3n) is 12.1. The summed E-state index contributed by atoms with van der Waals surface area (Å²) in [6.07, 6.45) is 10.5. The van der Waals surface area contributed by atoms with Crippen molar-refractivity contribution < 1.29 is 0 Å². The minimum atomic E-state index is 0.574. The fourth-order valence-corrected chi connectivity index (χ4v) is 9.18. The topological polar surface area (TPSA) is 61.4 Å². The lowest BCUT2D eigenvalue weighted by Crippen LogP contribution is -2.02. The Morgan fingerprint density at radius 2 is 0.952 bits per heavy atom. The van der Waals surface area contributed by atoms with E-state index in [9.17, 15) is 0 Å². The molecule has 0 saturated carbocycles. The third-order valence-corrected chi connectivity index (χ3v) is 12.1. The zero-order valence-electron chi connectivity index (χ0n) is 33.7. The van der Waals surface area contributed by atoms with E-state index in [0.29, 0.717) is 17.5 Å². The number of nitrogens with zero attached hydrogens (tertiary/aromatic N) is 6. The van der Waals surface area contributed by atoms with E-state index in [2.05, 4.69) is 143 Å². The number of aromatic nitrogens is 6. The third kappa shape index (κ3) is 6.11. The monoisotopic (exact) mass is 794 g/mol. The molecule has 0 bridgehead atoms. The van der Waals surface area contributed by atoms with Crippen molar-refractivity contribution in [3.05, 3.63) is 212 Å². The van der Waals surface area contributed by atoms with Gasteiger partial charge in [-0.15, -0.1) is 0 Å². The van der Waals surface area contributed by atoms with Gasteiger partial charge in [-0.05, 0) is 84.1 Å². The Kier molecular flexibility index (Phi) is 8.52. The van der Waals surface area contributed by atoms with Gasteiger partial charge in [-0.3, -0.25) is 4.98 Å². The van der Waals surface area contributed by atoms with Crippen LogP contribution in [-0.2, 0) is 6.42 Å². The Hall–Kier alpha value is -8.22. The Labute approximate surface area is 358 Å². The Balaban J connectivity index is 0.966. The van der Waals surface area contributed by atoms with Crippen molar-refractivity contribution in [2.45, 2.75) is 12.8 Å². The van der Waals surface area contributed by atoms with E-state index in [1.165, 1.54) is 49.7 Å². The van der Waals surface area contributed by atoms with Gasteiger partial charge in [0.15, 0.2) is 17.5 Å². The van der Waals surface area contributed by atoms with Crippen LogP contribution in [0.1, 0.15) is 17.7 Å². The molecule has 0 fully saturated rings. The first-order valence-electron chi connectivity index (χ1n) is 21.1. The second-order valence-electron chi connectivity index (χ2n) is 15.8. The second-order valence-corrected chi connectivity index (χ2v) is 15.8. The molecule has 4 aromatic heterocycles. The molecule has 4 heterocycles. The number of pyridine rings is 1. The predicted octanol–water partition coefficient (Wildman–Crippen LogP) is 13.6. The number of hydrogen-bond donors (Lipinski definition) is 0. The van der Waals surface area contributed by atoms with Crippen molar-refractivity contribution in [2.75, 3.05) is 0 Å². The molecule has 0 saturated heterocycles. The van der Waals surface area contributed by atoms with Crippen LogP contribution < -0.4 is 0 Å². The first-order chi connectivity index (χ1) is 30.7. The fraction of sp³-hybridized carbons (Fsp3) is 0.0357. The maximum atomic E-state index is 4.98. The van der Waals surface area contributed by atoms with Crippen LogP contribution >= 0.6 is 0 Å². The lowest BCUT2D eigenvalue weighted by atomic mass is 9.98. The summed E-state index contributed by atoms with van der Waals surface area (Å²) >= 11 is 0. The van der Waals surface area contributed by atoms with E-state index in [-0.39, 0.29) is 0 Å². The van der Waals surface area contributed by atoms with E-state index in [1.54, 1.807) is 0 Å². The number of fused-ring (bicyclic) bond motifs is 6. The highest BCUT2D eigenvalue weighted by Crippen LogP contribution is 2.39. The van der Waals surface area contributed by atoms with E-state index in [0.717, 1.165) is 57.4 Å². The van der Waals surface area contributed by atoms with Gasteiger partial charge in [-0.1, -0.05) is 140 Å². The molecule has 6 nitrogen and oxygen atoms in total. The second kappa shape index (κ2) is 14.8. The molecule has 11 aromatic rings. The van der Waals surface area contributed by atoms with Gasteiger partial charge < -0.3 is 9.13 Å². The van der Waals surface area contributed by atoms with Gasteiger partial charge in [-0.25, -0.2) is 15.0 Å². The van der Waals surface area contributed by atoms with Crippen LogP contribution in [0.4, 0.5) is 0 Å². The van der Waals surface area contributed by atoms with Crippen LogP contribution in [0.25, 0.3) is 107 Å². The van der Waals surface area contributed by atoms with E-state index in [4.69, 9.17) is 19.9 Å². The summed E-state index contributed by atoms with van der Waals surface area (Å²) in [6.45, 7) is 0. The number of rotatable bonds is 7. The van der Waals surface area contributed by atoms with E-state index in [1.807, 2.05) is 73.1 Å². The van der Waals surface area contributed by atoms with Crippen LogP contribution in [0.3, 0.4) is 0 Å². The predicted molar refractivity (Wildman–Crippen MR) is 253 cm³/mol. The maximum absolute atomic E-state index is 4.98. The van der Waals surface area contributed by atoms with Gasteiger partial charge in [-0.2, -0.15) is 0 Å². The van der Waals surface area contributed by atoms with Crippen LogP contribution in [0.15, 0.2) is 200 Å². The average Bonchev–Trinajstić information content (AvgIpc) is 3.87. The van der Waals surface area contributed by atoms with Crippen molar-refractivity contribution >= 4 is 38.8 Å². The van der Waals surface area contributed by atoms with Crippen molar-refractivity contribution in [1.82, 2.24) is 29.1 Å². The van der Waals surface area contributed by atoms with Gasteiger partial charge in [0.25, 0.3) is 0 Å². The average molecular weight is 795 g/mol. The highest BCUT2D eigenvalue weighted by Gasteiger charge is 2.20. The lowest BCUT2D eigenvalue weighted by molar-refractivity contribution is 0.888. The summed E-state index contributed by atoms with van der Waals surface area (Å²) in [7, 11) is 0. The number of allylic oxidation sites excluding steroid dienone is 1. The normalized spacial score (nSPS) is 12.3. The Morgan fingerprint density at radius 3 is 1.73 bits per heavy atom. The summed E-state index contributed by atoms with van der Waals surface area (Å²) < 4.78 is 4.84.